The summed E-state index contributed by atoms with van der Waals surface area (Å²) < 4.78 is 61.7. The maximum Gasteiger partial charge on any atom is 0.392 e. The maximum absolute atomic E-state index is 13.8. The van der Waals surface area contributed by atoms with E-state index in [0.717, 1.165) is 12.1 Å². The van der Waals surface area contributed by atoms with Crippen molar-refractivity contribution in [2.75, 3.05) is 19.2 Å². The van der Waals surface area contributed by atoms with Gasteiger partial charge in [0, 0.05) is 19.6 Å². The third-order valence-electron chi connectivity index (χ3n) is 2.94. The quantitative estimate of drug-likeness (QED) is 0.527. The van der Waals surface area contributed by atoms with Gasteiger partial charge in [0.15, 0.2) is 6.79 Å². The Morgan fingerprint density at radius 1 is 1.32 bits per heavy atom. The van der Waals surface area contributed by atoms with Gasteiger partial charge in [-0.15, -0.1) is 0 Å². The number of nitrogens with one attached hydrogen (secondary N) is 1. The van der Waals surface area contributed by atoms with Gasteiger partial charge in [0.2, 0.25) is 5.91 Å². The molecular weight excluding hydrogens is 374 g/mol. The highest BCUT2D eigenvalue weighted by atomic mass is 35.5. The second kappa shape index (κ2) is 8.86. The first kappa shape index (κ1) is 21.0. The molecule has 0 bridgehead atoms. The topological polar surface area (TPSA) is 84.9 Å². The Morgan fingerprint density at radius 2 is 1.96 bits per heavy atom. The van der Waals surface area contributed by atoms with Crippen LogP contribution in [0.5, 0.6) is 5.75 Å². The molecule has 11 heteroatoms. The average molecular weight is 388 g/mol. The predicted molar refractivity (Wildman–Crippen MR) is 79.0 cm³/mol. The molecule has 25 heavy (non-hydrogen) atoms. The van der Waals surface area contributed by atoms with E-state index in [9.17, 15) is 27.2 Å². The summed E-state index contributed by atoms with van der Waals surface area (Å²) in [6, 6.07) is 1.79. The fraction of sp³-hybridized carbons (Fsp3) is 0.429. The molecule has 140 valence electrons. The first-order valence-electron chi connectivity index (χ1n) is 6.73. The minimum atomic E-state index is -4.89. The summed E-state index contributed by atoms with van der Waals surface area (Å²) in [5.74, 6) is -6.36. The third kappa shape index (κ3) is 6.75. The van der Waals surface area contributed by atoms with Crippen molar-refractivity contribution in [3.8, 4) is 5.75 Å². The minimum Gasteiger partial charge on any atom is -0.481 e. The fourth-order valence-corrected chi connectivity index (χ4v) is 2.00. The van der Waals surface area contributed by atoms with Crippen LogP contribution in [0.3, 0.4) is 0 Å². The summed E-state index contributed by atoms with van der Waals surface area (Å²) in [5.41, 5.74) is -0.461. The van der Waals surface area contributed by atoms with Crippen LogP contribution in [0.25, 0.3) is 0 Å². The summed E-state index contributed by atoms with van der Waals surface area (Å²) in [6.45, 7) is -0.229. The van der Waals surface area contributed by atoms with E-state index in [0.29, 0.717) is 0 Å². The average Bonchev–Trinajstić information content (AvgIpc) is 2.46. The number of methoxy groups -OCH3 is 1. The van der Waals surface area contributed by atoms with Crippen LogP contribution < -0.4 is 10.1 Å². The molecule has 6 nitrogen and oxygen atoms in total. The lowest BCUT2D eigenvalue weighted by molar-refractivity contribution is -0.185. The zero-order valence-electron chi connectivity index (χ0n) is 12.8. The van der Waals surface area contributed by atoms with Gasteiger partial charge in [-0.2, -0.15) is 13.2 Å². The van der Waals surface area contributed by atoms with Crippen molar-refractivity contribution >= 4 is 29.2 Å². The lowest BCUT2D eigenvalue weighted by atomic mass is 10.0. The number of anilines is 1. The van der Waals surface area contributed by atoms with E-state index in [1.165, 1.54) is 7.11 Å². The van der Waals surface area contributed by atoms with Gasteiger partial charge in [0.25, 0.3) is 0 Å². The third-order valence-corrected chi connectivity index (χ3v) is 3.24. The summed E-state index contributed by atoms with van der Waals surface area (Å²) in [5, 5.41) is 10.3. The molecule has 1 rings (SSSR count). The number of carbonyl (C=O) groups excluding carboxylic acids is 1. The van der Waals surface area contributed by atoms with E-state index in [1.54, 1.807) is 0 Å². The number of carboxylic acid groups (broad SMARTS) is 1. The maximum atomic E-state index is 13.8. The lowest BCUT2D eigenvalue weighted by Gasteiger charge is -2.18. The Kier molecular flexibility index (Phi) is 7.43. The van der Waals surface area contributed by atoms with Gasteiger partial charge in [-0.05, 0) is 6.07 Å². The van der Waals surface area contributed by atoms with Crippen molar-refractivity contribution in [2.24, 2.45) is 5.92 Å². The van der Waals surface area contributed by atoms with Crippen LogP contribution in [0.15, 0.2) is 12.1 Å². The number of amides is 1. The highest BCUT2D eigenvalue weighted by Gasteiger charge is 2.42. The van der Waals surface area contributed by atoms with Gasteiger partial charge in [-0.25, -0.2) is 4.39 Å². The number of benzene rings is 1. The number of halogens is 5. The molecule has 0 saturated heterocycles. The molecule has 0 aliphatic rings. The van der Waals surface area contributed by atoms with Gasteiger partial charge in [-0.1, -0.05) is 11.6 Å². The van der Waals surface area contributed by atoms with Gasteiger partial charge in [0.05, 0.1) is 23.0 Å². The van der Waals surface area contributed by atoms with E-state index >= 15 is 0 Å². The molecular formula is C14H14ClF4NO5. The molecule has 0 aromatic heterocycles. The predicted octanol–water partition coefficient (Wildman–Crippen LogP) is 3.44. The first-order chi connectivity index (χ1) is 11.5. The van der Waals surface area contributed by atoms with Gasteiger partial charge < -0.3 is 19.9 Å². The standard InChI is InChI=1S/C14H14ClF4NO5/c1-24-6-25-11-5-10(9(16)4-8(11)15)20-12(21)2-7(3-13(22)23)14(17,18)19/h4-5,7H,2-3,6H2,1H3,(H,20,21)(H,22,23). The number of alkyl halides is 3. The SMILES string of the molecule is COCOc1cc(NC(=O)CC(CC(=O)O)C(F)(F)F)c(F)cc1Cl. The molecule has 0 heterocycles. The molecule has 1 aromatic carbocycles. The van der Waals surface area contributed by atoms with E-state index in [2.05, 4.69) is 4.74 Å². The Morgan fingerprint density at radius 3 is 2.48 bits per heavy atom. The smallest absolute Gasteiger partial charge is 0.392 e. The molecule has 0 spiro atoms. The van der Waals surface area contributed by atoms with Crippen molar-refractivity contribution in [3.05, 3.63) is 23.0 Å². The largest absolute Gasteiger partial charge is 0.481 e. The van der Waals surface area contributed by atoms with Crippen LogP contribution >= 0.6 is 11.6 Å². The van der Waals surface area contributed by atoms with Crippen molar-refractivity contribution in [3.63, 3.8) is 0 Å². The van der Waals surface area contributed by atoms with Gasteiger partial charge >= 0.3 is 12.1 Å². The highest BCUT2D eigenvalue weighted by molar-refractivity contribution is 6.32. The molecule has 0 saturated carbocycles. The van der Waals surface area contributed by atoms with Crippen molar-refractivity contribution in [1.82, 2.24) is 0 Å². The van der Waals surface area contributed by atoms with Crippen LogP contribution in [0.2, 0.25) is 5.02 Å². The number of aliphatic carboxylic acids is 1. The number of carboxylic acids is 1. The van der Waals surface area contributed by atoms with E-state index in [4.69, 9.17) is 21.4 Å². The number of hydrogen-bond acceptors (Lipinski definition) is 4. The zero-order valence-corrected chi connectivity index (χ0v) is 13.6. The molecule has 1 amide bonds. The number of ether oxygens (including phenoxy) is 2. The second-order valence-electron chi connectivity index (χ2n) is 4.90. The number of hydrogen-bond donors (Lipinski definition) is 2. The molecule has 0 aliphatic carbocycles. The second-order valence-corrected chi connectivity index (χ2v) is 5.31. The van der Waals surface area contributed by atoms with Crippen molar-refractivity contribution < 1.29 is 41.7 Å². The Bertz CT molecular complexity index is 638. The van der Waals surface area contributed by atoms with E-state index in [1.807, 2.05) is 5.32 Å². The Hall–Kier alpha value is -2.07. The normalized spacial score (nSPS) is 12.6. The first-order valence-corrected chi connectivity index (χ1v) is 7.11. The zero-order chi connectivity index (χ0) is 19.2. The summed E-state index contributed by atoms with van der Waals surface area (Å²) in [6.07, 6.45) is -7.34. The van der Waals surface area contributed by atoms with Crippen LogP contribution in [0.1, 0.15) is 12.8 Å². The van der Waals surface area contributed by atoms with Crippen molar-refractivity contribution in [1.29, 1.82) is 0 Å². The van der Waals surface area contributed by atoms with Crippen LogP contribution in [-0.2, 0) is 14.3 Å². The fourth-order valence-electron chi connectivity index (χ4n) is 1.80. The Labute approximate surface area is 144 Å². The molecule has 2 N–H and O–H groups in total. The molecule has 1 unspecified atom stereocenters. The highest BCUT2D eigenvalue weighted by Crippen LogP contribution is 2.33. The molecule has 0 radical (unpaired) electrons. The summed E-state index contributed by atoms with van der Waals surface area (Å²) in [4.78, 5) is 22.2. The molecule has 1 atom stereocenters. The Balaban J connectivity index is 2.89. The van der Waals surface area contributed by atoms with E-state index in [-0.39, 0.29) is 17.6 Å². The molecule has 0 fully saturated rings. The summed E-state index contributed by atoms with van der Waals surface area (Å²) >= 11 is 5.73. The van der Waals surface area contributed by atoms with Crippen LogP contribution in [-0.4, -0.2) is 37.1 Å². The lowest BCUT2D eigenvalue weighted by Crippen LogP contribution is -2.30. The van der Waals surface area contributed by atoms with Gasteiger partial charge in [-0.3, -0.25) is 9.59 Å². The molecule has 1 aromatic rings. The number of carbonyl (C=O) groups is 2. The van der Waals surface area contributed by atoms with Gasteiger partial charge in [0.1, 0.15) is 11.6 Å². The van der Waals surface area contributed by atoms with Crippen molar-refractivity contribution in [2.45, 2.75) is 19.0 Å². The molecule has 0 aliphatic heterocycles. The monoisotopic (exact) mass is 387 g/mol. The van der Waals surface area contributed by atoms with Crippen LogP contribution in [0, 0.1) is 11.7 Å². The van der Waals surface area contributed by atoms with E-state index < -0.39 is 48.3 Å². The minimum absolute atomic E-state index is 0.0573. The summed E-state index contributed by atoms with van der Waals surface area (Å²) in [7, 11) is 1.32. The van der Waals surface area contributed by atoms with Crippen LogP contribution in [0.4, 0.5) is 23.2 Å². The number of rotatable bonds is 8.